The van der Waals surface area contributed by atoms with Gasteiger partial charge >= 0.3 is 5.97 Å². The molecule has 1 N–H and O–H groups in total. The first-order valence-electron chi connectivity index (χ1n) is 14.2. The monoisotopic (exact) mass is 481 g/mol. The number of Topliss-reactive ketones (excluding diaryl/α,β-unsaturated/α-hetero) is 1. The number of ketones is 1. The highest BCUT2D eigenvalue weighted by molar-refractivity contribution is 5.80. The van der Waals surface area contributed by atoms with Gasteiger partial charge in [-0.2, -0.15) is 0 Å². The summed E-state index contributed by atoms with van der Waals surface area (Å²) in [5.41, 5.74) is 0. The van der Waals surface area contributed by atoms with Crippen LogP contribution in [0.15, 0.2) is 12.2 Å². The van der Waals surface area contributed by atoms with Gasteiger partial charge < -0.3 is 9.84 Å². The van der Waals surface area contributed by atoms with E-state index < -0.39 is 0 Å². The van der Waals surface area contributed by atoms with E-state index in [1.165, 1.54) is 51.4 Å². The van der Waals surface area contributed by atoms with Gasteiger partial charge in [-0.25, -0.2) is 0 Å². The van der Waals surface area contributed by atoms with E-state index >= 15 is 0 Å². The predicted octanol–water partition coefficient (Wildman–Crippen LogP) is 6.87. The van der Waals surface area contributed by atoms with Crippen molar-refractivity contribution < 1.29 is 19.4 Å². The molecule has 5 heteroatoms. The Hall–Kier alpha value is -1.20. The fourth-order valence-corrected chi connectivity index (χ4v) is 3.90. The molecule has 0 aromatic rings. The number of unbranched alkanes of at least 4 members (excludes halogenated alkanes) is 11. The molecular weight excluding hydrogens is 426 g/mol. The van der Waals surface area contributed by atoms with Crippen LogP contribution in [0.25, 0.3) is 0 Å². The SMILES string of the molecule is CCCCN(CCO)CCOC(=O)CCCCCCC/C=C/CCCCCCCC(=O)C(C)C. The standard InChI is InChI=1S/C29H55NO4/c1-4-5-22-30(23-25-31)24-26-34-29(33)21-19-17-15-13-11-9-7-6-8-10-12-14-16-18-20-28(32)27(2)3/h6-7,27,31H,4-5,8-26H2,1-3H3/b7-6+. The van der Waals surface area contributed by atoms with Crippen molar-refractivity contribution in [3.05, 3.63) is 12.2 Å². The van der Waals surface area contributed by atoms with Crippen LogP contribution in [0.3, 0.4) is 0 Å². The van der Waals surface area contributed by atoms with E-state index in [2.05, 4.69) is 24.0 Å². The summed E-state index contributed by atoms with van der Waals surface area (Å²) in [6.07, 6.45) is 22.1. The van der Waals surface area contributed by atoms with Gasteiger partial charge in [0.2, 0.25) is 0 Å². The summed E-state index contributed by atoms with van der Waals surface area (Å²) in [6.45, 7) is 9.01. The number of carbonyl (C=O) groups excluding carboxylic acids is 2. The fourth-order valence-electron chi connectivity index (χ4n) is 3.90. The van der Waals surface area contributed by atoms with E-state index in [1.807, 2.05) is 13.8 Å². The second kappa shape index (κ2) is 24.9. The van der Waals surface area contributed by atoms with Crippen LogP contribution in [0.2, 0.25) is 0 Å². The highest BCUT2D eigenvalue weighted by Gasteiger charge is 2.07. The number of aliphatic hydroxyl groups is 1. The molecule has 0 aliphatic carbocycles. The third-order valence-electron chi connectivity index (χ3n) is 6.27. The first-order valence-corrected chi connectivity index (χ1v) is 14.2. The Bertz CT molecular complexity index is 504. The normalized spacial score (nSPS) is 11.7. The Morgan fingerprint density at radius 2 is 1.32 bits per heavy atom. The molecule has 0 radical (unpaired) electrons. The number of allylic oxidation sites excluding steroid dienone is 2. The molecule has 0 aliphatic heterocycles. The molecular formula is C29H55NO4. The number of ether oxygens (including phenoxy) is 1. The van der Waals surface area contributed by atoms with E-state index in [9.17, 15) is 9.59 Å². The maximum absolute atomic E-state index is 11.9. The molecule has 0 atom stereocenters. The number of aliphatic hydroxyl groups excluding tert-OH is 1. The molecule has 0 spiro atoms. The van der Waals surface area contributed by atoms with Crippen molar-refractivity contribution in [1.82, 2.24) is 4.90 Å². The molecule has 0 aromatic heterocycles. The molecule has 5 nitrogen and oxygen atoms in total. The van der Waals surface area contributed by atoms with Crippen LogP contribution in [0, 0.1) is 5.92 Å². The van der Waals surface area contributed by atoms with Gasteiger partial charge in [-0.3, -0.25) is 14.5 Å². The molecule has 0 rings (SSSR count). The van der Waals surface area contributed by atoms with E-state index in [0.717, 1.165) is 51.5 Å². The van der Waals surface area contributed by atoms with Crippen LogP contribution in [0.5, 0.6) is 0 Å². The Labute approximate surface area is 210 Å². The molecule has 34 heavy (non-hydrogen) atoms. The lowest BCUT2D eigenvalue weighted by atomic mass is 10.0. The van der Waals surface area contributed by atoms with Gasteiger partial charge in [0, 0.05) is 31.8 Å². The van der Waals surface area contributed by atoms with Crippen LogP contribution in [-0.4, -0.2) is 54.6 Å². The minimum Gasteiger partial charge on any atom is -0.464 e. The summed E-state index contributed by atoms with van der Waals surface area (Å²) in [5, 5.41) is 9.11. The third-order valence-corrected chi connectivity index (χ3v) is 6.27. The Morgan fingerprint density at radius 3 is 1.88 bits per heavy atom. The second-order valence-corrected chi connectivity index (χ2v) is 9.84. The molecule has 0 aliphatic rings. The average Bonchev–Trinajstić information content (AvgIpc) is 2.81. The molecule has 0 saturated carbocycles. The number of hydrogen-bond acceptors (Lipinski definition) is 5. The van der Waals surface area contributed by atoms with E-state index in [4.69, 9.17) is 9.84 Å². The van der Waals surface area contributed by atoms with Crippen molar-refractivity contribution in [3.63, 3.8) is 0 Å². The first kappa shape index (κ1) is 32.8. The van der Waals surface area contributed by atoms with Crippen molar-refractivity contribution in [2.24, 2.45) is 5.92 Å². The summed E-state index contributed by atoms with van der Waals surface area (Å²) in [6, 6.07) is 0. The summed E-state index contributed by atoms with van der Waals surface area (Å²) in [5.74, 6) is 0.502. The zero-order valence-electron chi connectivity index (χ0n) is 22.7. The van der Waals surface area contributed by atoms with Crippen LogP contribution in [0.1, 0.15) is 124 Å². The quantitative estimate of drug-likeness (QED) is 0.0875. The van der Waals surface area contributed by atoms with Gasteiger partial charge in [0.15, 0.2) is 0 Å². The summed E-state index contributed by atoms with van der Waals surface area (Å²) in [4.78, 5) is 25.6. The molecule has 0 amide bonds. The molecule has 0 bridgehead atoms. The van der Waals surface area contributed by atoms with E-state index in [-0.39, 0.29) is 18.5 Å². The molecule has 0 heterocycles. The van der Waals surface area contributed by atoms with Crippen molar-refractivity contribution in [1.29, 1.82) is 0 Å². The molecule has 0 unspecified atom stereocenters. The maximum Gasteiger partial charge on any atom is 0.305 e. The van der Waals surface area contributed by atoms with Gasteiger partial charge in [-0.1, -0.05) is 77.9 Å². The van der Waals surface area contributed by atoms with Crippen molar-refractivity contribution in [2.75, 3.05) is 32.8 Å². The summed E-state index contributed by atoms with van der Waals surface area (Å²) >= 11 is 0. The topological polar surface area (TPSA) is 66.8 Å². The average molecular weight is 482 g/mol. The third kappa shape index (κ3) is 22.6. The van der Waals surface area contributed by atoms with Crippen molar-refractivity contribution in [2.45, 2.75) is 124 Å². The number of esters is 1. The fraction of sp³-hybridized carbons (Fsp3) is 0.862. The molecule has 0 aromatic carbocycles. The van der Waals surface area contributed by atoms with Gasteiger partial charge in [-0.05, 0) is 51.5 Å². The summed E-state index contributed by atoms with van der Waals surface area (Å²) in [7, 11) is 0. The Kier molecular flexibility index (Phi) is 24.0. The molecule has 0 saturated heterocycles. The Morgan fingerprint density at radius 1 is 0.765 bits per heavy atom. The summed E-state index contributed by atoms with van der Waals surface area (Å²) < 4.78 is 5.35. The Balaban J connectivity index is 3.42. The zero-order valence-corrected chi connectivity index (χ0v) is 22.7. The lowest BCUT2D eigenvalue weighted by Crippen LogP contribution is -2.32. The van der Waals surface area contributed by atoms with Gasteiger partial charge in [0.05, 0.1) is 6.61 Å². The smallest absolute Gasteiger partial charge is 0.305 e. The van der Waals surface area contributed by atoms with Crippen LogP contribution in [-0.2, 0) is 14.3 Å². The highest BCUT2D eigenvalue weighted by Crippen LogP contribution is 2.11. The first-order chi connectivity index (χ1) is 16.5. The van der Waals surface area contributed by atoms with E-state index in [1.54, 1.807) is 0 Å². The van der Waals surface area contributed by atoms with Crippen LogP contribution >= 0.6 is 0 Å². The van der Waals surface area contributed by atoms with Gasteiger partial charge in [0.1, 0.15) is 12.4 Å². The van der Waals surface area contributed by atoms with Gasteiger partial charge in [0.25, 0.3) is 0 Å². The molecule has 200 valence electrons. The minimum absolute atomic E-state index is 0.0913. The van der Waals surface area contributed by atoms with Crippen molar-refractivity contribution in [3.8, 4) is 0 Å². The number of nitrogens with zero attached hydrogens (tertiary/aromatic N) is 1. The number of rotatable bonds is 25. The maximum atomic E-state index is 11.9. The lowest BCUT2D eigenvalue weighted by Gasteiger charge is -2.20. The van der Waals surface area contributed by atoms with Crippen molar-refractivity contribution >= 4 is 11.8 Å². The highest BCUT2D eigenvalue weighted by atomic mass is 16.5. The minimum atomic E-state index is -0.0913. The predicted molar refractivity (Wildman–Crippen MR) is 143 cm³/mol. The second-order valence-electron chi connectivity index (χ2n) is 9.84. The zero-order chi connectivity index (χ0) is 25.3. The van der Waals surface area contributed by atoms with Crippen LogP contribution < -0.4 is 0 Å². The number of carbonyl (C=O) groups is 2. The lowest BCUT2D eigenvalue weighted by molar-refractivity contribution is -0.144. The van der Waals surface area contributed by atoms with Gasteiger partial charge in [-0.15, -0.1) is 0 Å². The molecule has 0 fully saturated rings. The largest absolute Gasteiger partial charge is 0.464 e. The van der Waals surface area contributed by atoms with Crippen LogP contribution in [0.4, 0.5) is 0 Å². The van der Waals surface area contributed by atoms with E-state index in [0.29, 0.717) is 31.9 Å². The number of hydrogen-bond donors (Lipinski definition) is 1.